The molecule has 0 spiro atoms. The molecule has 0 aromatic heterocycles. The van der Waals surface area contributed by atoms with Gasteiger partial charge in [0.2, 0.25) is 0 Å². The molecule has 0 aliphatic rings. The molecule has 0 bridgehead atoms. The van der Waals surface area contributed by atoms with Crippen LogP contribution in [-0.2, 0) is 5.16 Å². The van der Waals surface area contributed by atoms with Crippen LogP contribution in [0.1, 0.15) is 16.7 Å². The molecule has 0 nitrogen and oxygen atoms in total. The second-order valence-electron chi connectivity index (χ2n) is 7.99. The van der Waals surface area contributed by atoms with Gasteiger partial charge in [-0.2, -0.15) is 0 Å². The van der Waals surface area contributed by atoms with E-state index in [0.717, 1.165) is 0 Å². The molecule has 5 rings (SSSR count). The van der Waals surface area contributed by atoms with Gasteiger partial charge in [0.25, 0.3) is 0 Å². The Morgan fingerprint density at radius 3 is 1.21 bits per heavy atom. The van der Waals surface area contributed by atoms with Crippen molar-refractivity contribution in [1.82, 2.24) is 0 Å². The Bertz CT molecular complexity index is 1220. The van der Waals surface area contributed by atoms with Crippen molar-refractivity contribution in [2.45, 2.75) is 5.16 Å². The second kappa shape index (κ2) is 9.91. The van der Waals surface area contributed by atoms with Gasteiger partial charge in [-0.3, -0.25) is 0 Å². The van der Waals surface area contributed by atoms with E-state index in [-0.39, 0.29) is 5.16 Å². The molecule has 0 fully saturated rings. The van der Waals surface area contributed by atoms with Gasteiger partial charge in [-0.1, -0.05) is 0 Å². The summed E-state index contributed by atoms with van der Waals surface area (Å²) in [5.41, 5.74) is 4.01. The average molecular weight is 500 g/mol. The van der Waals surface area contributed by atoms with Crippen LogP contribution in [0.3, 0.4) is 0 Å². The number of benzene rings is 5. The average Bonchev–Trinajstić information content (AvgIpc) is 2.90. The minimum atomic E-state index is -0.844. The third-order valence-electron chi connectivity index (χ3n) is 6.06. The Morgan fingerprint density at radius 1 is 0.424 bits per heavy atom. The standard InChI is InChI=1S/C31H24GeP/c32-30-24-14-13-23-29(30)31(25-15-5-1-6-16-25,26-17-7-2-8-18-26)33(27-19-9-3-10-20-27)28-21-11-4-12-22-28/h1-24H. The summed E-state index contributed by atoms with van der Waals surface area (Å²) >= 11 is 2.25. The molecule has 3 radical (unpaired) electrons. The van der Waals surface area contributed by atoms with Crippen LogP contribution in [0.5, 0.6) is 0 Å². The second-order valence-corrected chi connectivity index (χ2v) is 11.5. The van der Waals surface area contributed by atoms with E-state index in [9.17, 15) is 0 Å². The van der Waals surface area contributed by atoms with Crippen LogP contribution in [0.2, 0.25) is 0 Å². The van der Waals surface area contributed by atoms with Crippen molar-refractivity contribution in [2.24, 2.45) is 0 Å². The van der Waals surface area contributed by atoms with Crippen molar-refractivity contribution >= 4 is 39.4 Å². The summed E-state index contributed by atoms with van der Waals surface area (Å²) in [5.74, 6) is 0. The quantitative estimate of drug-likeness (QED) is 0.155. The predicted octanol–water partition coefficient (Wildman–Crippen LogP) is 5.91. The van der Waals surface area contributed by atoms with Crippen LogP contribution in [-0.4, -0.2) is 16.5 Å². The summed E-state index contributed by atoms with van der Waals surface area (Å²) in [6.07, 6.45) is 0. The van der Waals surface area contributed by atoms with Gasteiger partial charge in [0, 0.05) is 0 Å². The maximum atomic E-state index is 2.33. The molecule has 0 unspecified atom stereocenters. The SMILES string of the molecule is [Ge][c]1ccccc1C(c1ccccc1)(c1ccccc1)P(c1ccccc1)c1ccccc1. The Hall–Kier alpha value is -2.93. The first-order chi connectivity index (χ1) is 16.3. The summed E-state index contributed by atoms with van der Waals surface area (Å²) < 4.78 is 1.31. The van der Waals surface area contributed by atoms with Crippen LogP contribution < -0.4 is 15.0 Å². The summed E-state index contributed by atoms with van der Waals surface area (Å²) in [6.45, 7) is 0. The zero-order valence-corrected chi connectivity index (χ0v) is 21.3. The molecule has 0 N–H and O–H groups in total. The van der Waals surface area contributed by atoms with E-state index in [2.05, 4.69) is 162 Å². The molecular weight excluding hydrogens is 476 g/mol. The van der Waals surface area contributed by atoms with Crippen LogP contribution in [0, 0.1) is 0 Å². The topological polar surface area (TPSA) is 0 Å². The summed E-state index contributed by atoms with van der Waals surface area (Å²) in [7, 11) is -0.844. The van der Waals surface area contributed by atoms with Crippen LogP contribution in [0.4, 0.5) is 0 Å². The zero-order valence-electron chi connectivity index (χ0n) is 18.3. The van der Waals surface area contributed by atoms with Crippen LogP contribution >= 0.6 is 7.92 Å². The van der Waals surface area contributed by atoms with E-state index in [4.69, 9.17) is 0 Å². The van der Waals surface area contributed by atoms with E-state index in [1.165, 1.54) is 31.7 Å². The molecule has 0 amide bonds. The molecule has 0 aliphatic carbocycles. The van der Waals surface area contributed by atoms with Gasteiger partial charge < -0.3 is 0 Å². The van der Waals surface area contributed by atoms with E-state index < -0.39 is 7.92 Å². The van der Waals surface area contributed by atoms with Gasteiger partial charge in [0.1, 0.15) is 0 Å². The fourth-order valence-corrected chi connectivity index (χ4v) is 8.96. The first-order valence-corrected chi connectivity index (χ1v) is 13.5. The Morgan fingerprint density at radius 2 is 0.788 bits per heavy atom. The van der Waals surface area contributed by atoms with Crippen molar-refractivity contribution in [3.63, 3.8) is 0 Å². The molecule has 0 heterocycles. The van der Waals surface area contributed by atoms with Gasteiger partial charge in [-0.25, -0.2) is 0 Å². The van der Waals surface area contributed by atoms with Crippen molar-refractivity contribution in [3.05, 3.63) is 162 Å². The molecule has 157 valence electrons. The molecule has 5 aromatic rings. The van der Waals surface area contributed by atoms with Gasteiger partial charge in [0.05, 0.1) is 0 Å². The monoisotopic (exact) mass is 501 g/mol. The first-order valence-electron chi connectivity index (χ1n) is 11.1. The summed E-state index contributed by atoms with van der Waals surface area (Å²) in [6, 6.07) is 53.2. The van der Waals surface area contributed by atoms with Gasteiger partial charge in [-0.15, -0.1) is 0 Å². The summed E-state index contributed by atoms with van der Waals surface area (Å²) in [5, 5.41) is 2.40. The fraction of sp³-hybridized carbons (Fsp3) is 0.0323. The van der Waals surface area contributed by atoms with Crippen molar-refractivity contribution in [3.8, 4) is 0 Å². The molecular formula is C31H24GeP. The molecule has 0 aliphatic heterocycles. The molecule has 2 heteroatoms. The van der Waals surface area contributed by atoms with Crippen molar-refractivity contribution in [2.75, 3.05) is 0 Å². The third-order valence-corrected chi connectivity index (χ3v) is 10.0. The Balaban J connectivity index is 1.97. The maximum absolute atomic E-state index is 2.33. The van der Waals surface area contributed by atoms with Crippen LogP contribution in [0.15, 0.2) is 146 Å². The van der Waals surface area contributed by atoms with Crippen LogP contribution in [0.25, 0.3) is 0 Å². The summed E-state index contributed by atoms with van der Waals surface area (Å²) in [4.78, 5) is 0. The Kier molecular flexibility index (Phi) is 6.58. The third kappa shape index (κ3) is 4.10. The molecule has 0 saturated carbocycles. The van der Waals surface area contributed by atoms with Gasteiger partial charge in [-0.05, 0) is 0 Å². The number of rotatable bonds is 6. The Labute approximate surface area is 206 Å². The fourth-order valence-electron chi connectivity index (χ4n) is 4.70. The van der Waals surface area contributed by atoms with E-state index in [1.807, 2.05) is 0 Å². The molecule has 33 heavy (non-hydrogen) atoms. The molecule has 0 saturated heterocycles. The van der Waals surface area contributed by atoms with E-state index in [0.29, 0.717) is 0 Å². The zero-order chi connectivity index (χ0) is 22.5. The van der Waals surface area contributed by atoms with Gasteiger partial charge >= 0.3 is 207 Å². The van der Waals surface area contributed by atoms with Crippen molar-refractivity contribution in [1.29, 1.82) is 0 Å². The first kappa shape index (κ1) is 21.9. The molecule has 5 aromatic carbocycles. The van der Waals surface area contributed by atoms with Gasteiger partial charge in [0.15, 0.2) is 0 Å². The van der Waals surface area contributed by atoms with Crippen molar-refractivity contribution < 1.29 is 0 Å². The predicted molar refractivity (Wildman–Crippen MR) is 144 cm³/mol. The van der Waals surface area contributed by atoms with E-state index >= 15 is 0 Å². The normalized spacial score (nSPS) is 11.5. The number of hydrogen-bond acceptors (Lipinski definition) is 0. The number of hydrogen-bond donors (Lipinski definition) is 0. The van der Waals surface area contributed by atoms with E-state index in [1.54, 1.807) is 0 Å². The minimum absolute atomic E-state index is 0.341. The molecule has 0 atom stereocenters.